The summed E-state index contributed by atoms with van der Waals surface area (Å²) >= 11 is 0. The molecular weight excluding hydrogens is 334 g/mol. The highest BCUT2D eigenvalue weighted by Gasteiger charge is 2.25. The molecule has 3 rings (SSSR count). The summed E-state index contributed by atoms with van der Waals surface area (Å²) in [7, 11) is 0. The number of imidazole rings is 1. The molecule has 9 heteroatoms. The van der Waals surface area contributed by atoms with Gasteiger partial charge in [-0.1, -0.05) is 13.8 Å². The zero-order chi connectivity index (χ0) is 18.7. The summed E-state index contributed by atoms with van der Waals surface area (Å²) < 4.78 is 7.50. The van der Waals surface area contributed by atoms with Crippen LogP contribution in [0.3, 0.4) is 0 Å². The number of anilines is 2. The van der Waals surface area contributed by atoms with Gasteiger partial charge in [0.05, 0.1) is 25.3 Å². The van der Waals surface area contributed by atoms with E-state index in [1.165, 1.54) is 0 Å². The Kier molecular flexibility index (Phi) is 5.24. The van der Waals surface area contributed by atoms with Gasteiger partial charge in [-0.15, -0.1) is 0 Å². The standard InChI is InChI=1S/C17H25N7O2/c1-11(2)9-26-14-8-20-7-13(22-14)23-5-3-12(4-6-23)24-10-21-15(16(24)18)17(19)25/h7-8,10-12H,3-6,9,18H2,1-2H3,(H2,19,25). The second-order valence-corrected chi connectivity index (χ2v) is 6.89. The highest BCUT2D eigenvalue weighted by atomic mass is 16.5. The lowest BCUT2D eigenvalue weighted by atomic mass is 10.0. The van der Waals surface area contributed by atoms with Crippen molar-refractivity contribution >= 4 is 17.5 Å². The maximum atomic E-state index is 11.3. The van der Waals surface area contributed by atoms with E-state index < -0.39 is 5.91 Å². The summed E-state index contributed by atoms with van der Waals surface area (Å²) in [5.41, 5.74) is 11.4. The molecule has 0 atom stereocenters. The van der Waals surface area contributed by atoms with Crippen molar-refractivity contribution in [1.29, 1.82) is 0 Å². The monoisotopic (exact) mass is 359 g/mol. The van der Waals surface area contributed by atoms with Crippen LogP contribution in [0, 0.1) is 5.92 Å². The average molecular weight is 359 g/mol. The molecule has 0 radical (unpaired) electrons. The number of carbonyl (C=O) groups excluding carboxylic acids is 1. The van der Waals surface area contributed by atoms with Gasteiger partial charge in [0.1, 0.15) is 5.82 Å². The van der Waals surface area contributed by atoms with Gasteiger partial charge in [-0.05, 0) is 18.8 Å². The maximum absolute atomic E-state index is 11.3. The van der Waals surface area contributed by atoms with Gasteiger partial charge in [0.25, 0.3) is 5.91 Å². The van der Waals surface area contributed by atoms with Crippen LogP contribution < -0.4 is 21.1 Å². The summed E-state index contributed by atoms with van der Waals surface area (Å²) in [6.45, 7) is 6.40. The molecule has 1 aliphatic heterocycles. The van der Waals surface area contributed by atoms with Crippen molar-refractivity contribution in [2.75, 3.05) is 30.3 Å². The van der Waals surface area contributed by atoms with Gasteiger partial charge < -0.3 is 25.7 Å². The smallest absolute Gasteiger partial charge is 0.271 e. The highest BCUT2D eigenvalue weighted by Crippen LogP contribution is 2.28. The van der Waals surface area contributed by atoms with Gasteiger partial charge in [-0.3, -0.25) is 9.78 Å². The molecule has 4 N–H and O–H groups in total. The second kappa shape index (κ2) is 7.59. The third-order valence-electron chi connectivity index (χ3n) is 4.41. The van der Waals surface area contributed by atoms with Crippen molar-refractivity contribution in [2.24, 2.45) is 11.7 Å². The number of piperidine rings is 1. The van der Waals surface area contributed by atoms with E-state index in [4.69, 9.17) is 16.2 Å². The van der Waals surface area contributed by atoms with E-state index in [1.54, 1.807) is 18.7 Å². The van der Waals surface area contributed by atoms with Crippen LogP contribution in [-0.4, -0.2) is 45.1 Å². The zero-order valence-corrected chi connectivity index (χ0v) is 15.1. The summed E-state index contributed by atoms with van der Waals surface area (Å²) in [5, 5.41) is 0. The molecule has 0 aromatic carbocycles. The number of nitrogens with zero attached hydrogens (tertiary/aromatic N) is 5. The quantitative estimate of drug-likeness (QED) is 0.794. The van der Waals surface area contributed by atoms with Crippen molar-refractivity contribution in [2.45, 2.75) is 32.7 Å². The van der Waals surface area contributed by atoms with E-state index in [2.05, 4.69) is 33.7 Å². The van der Waals surface area contributed by atoms with Crippen molar-refractivity contribution in [3.05, 3.63) is 24.4 Å². The molecule has 1 saturated heterocycles. The minimum atomic E-state index is -0.604. The number of nitrogen functional groups attached to an aromatic ring is 1. The maximum Gasteiger partial charge on any atom is 0.271 e. The molecular formula is C17H25N7O2. The zero-order valence-electron chi connectivity index (χ0n) is 15.1. The number of aromatic nitrogens is 4. The van der Waals surface area contributed by atoms with Crippen LogP contribution in [0.15, 0.2) is 18.7 Å². The van der Waals surface area contributed by atoms with Crippen LogP contribution >= 0.6 is 0 Å². The van der Waals surface area contributed by atoms with E-state index in [1.807, 2.05) is 4.57 Å². The van der Waals surface area contributed by atoms with Crippen molar-refractivity contribution in [1.82, 2.24) is 19.5 Å². The molecule has 9 nitrogen and oxygen atoms in total. The molecule has 0 unspecified atom stereocenters. The van der Waals surface area contributed by atoms with E-state index in [0.29, 0.717) is 24.2 Å². The normalized spacial score (nSPS) is 15.4. The second-order valence-electron chi connectivity index (χ2n) is 6.89. The first-order chi connectivity index (χ1) is 12.5. The lowest BCUT2D eigenvalue weighted by molar-refractivity contribution is 0.0997. The fourth-order valence-electron chi connectivity index (χ4n) is 3.04. The van der Waals surface area contributed by atoms with Crippen LogP contribution in [0.25, 0.3) is 0 Å². The number of carbonyl (C=O) groups is 1. The lowest BCUT2D eigenvalue weighted by Crippen LogP contribution is -2.35. The predicted molar refractivity (Wildman–Crippen MR) is 98.0 cm³/mol. The first-order valence-electron chi connectivity index (χ1n) is 8.77. The number of amides is 1. The number of hydrogen-bond donors (Lipinski definition) is 2. The fraction of sp³-hybridized carbons (Fsp3) is 0.529. The SMILES string of the molecule is CC(C)COc1cncc(N2CCC(n3cnc(C(N)=O)c3N)CC2)n1. The molecule has 2 aromatic heterocycles. The number of rotatable bonds is 6. The summed E-state index contributed by atoms with van der Waals surface area (Å²) in [6, 6.07) is 0.181. The van der Waals surface area contributed by atoms with E-state index >= 15 is 0 Å². The van der Waals surface area contributed by atoms with Crippen molar-refractivity contribution in [3.63, 3.8) is 0 Å². The third kappa shape index (κ3) is 3.87. The molecule has 3 heterocycles. The topological polar surface area (TPSA) is 125 Å². The van der Waals surface area contributed by atoms with Crippen molar-refractivity contribution < 1.29 is 9.53 Å². The molecule has 1 fully saturated rings. The Morgan fingerprint density at radius 2 is 2.08 bits per heavy atom. The van der Waals surface area contributed by atoms with Crippen molar-refractivity contribution in [3.8, 4) is 5.88 Å². The Morgan fingerprint density at radius 1 is 1.35 bits per heavy atom. The van der Waals surface area contributed by atoms with Crippen LogP contribution in [-0.2, 0) is 0 Å². The van der Waals surface area contributed by atoms with Gasteiger partial charge in [0, 0.05) is 19.1 Å². The fourth-order valence-corrected chi connectivity index (χ4v) is 3.04. The highest BCUT2D eigenvalue weighted by molar-refractivity contribution is 5.95. The van der Waals surface area contributed by atoms with Gasteiger partial charge in [-0.2, -0.15) is 4.98 Å². The summed E-state index contributed by atoms with van der Waals surface area (Å²) in [4.78, 5) is 26.3. The molecule has 0 aliphatic carbocycles. The van der Waals surface area contributed by atoms with Crippen LogP contribution in [0.5, 0.6) is 5.88 Å². The Labute approximate surface area is 152 Å². The van der Waals surface area contributed by atoms with Crippen LogP contribution in [0.4, 0.5) is 11.6 Å². The average Bonchev–Trinajstić information content (AvgIpc) is 3.02. The molecule has 26 heavy (non-hydrogen) atoms. The van der Waals surface area contributed by atoms with Gasteiger partial charge >= 0.3 is 0 Å². The molecule has 0 bridgehead atoms. The minimum absolute atomic E-state index is 0.133. The van der Waals surface area contributed by atoms with Gasteiger partial charge in [-0.25, -0.2) is 4.98 Å². The molecule has 1 aliphatic rings. The molecule has 2 aromatic rings. The molecule has 0 spiro atoms. The third-order valence-corrected chi connectivity index (χ3v) is 4.41. The van der Waals surface area contributed by atoms with Gasteiger partial charge in [0.15, 0.2) is 11.5 Å². The Morgan fingerprint density at radius 3 is 2.69 bits per heavy atom. The summed E-state index contributed by atoms with van der Waals surface area (Å²) in [5.74, 6) is 1.51. The van der Waals surface area contributed by atoms with Gasteiger partial charge in [0.2, 0.25) is 5.88 Å². The molecule has 0 saturated carbocycles. The first-order valence-corrected chi connectivity index (χ1v) is 8.77. The first kappa shape index (κ1) is 18.0. The van der Waals surface area contributed by atoms with Crippen LogP contribution in [0.2, 0.25) is 0 Å². The Bertz CT molecular complexity index is 766. The van der Waals surface area contributed by atoms with E-state index in [-0.39, 0.29) is 11.7 Å². The Balaban J connectivity index is 1.63. The largest absolute Gasteiger partial charge is 0.476 e. The number of ether oxygens (including phenoxy) is 1. The Hall–Kier alpha value is -2.84. The summed E-state index contributed by atoms with van der Waals surface area (Å²) in [6.07, 6.45) is 6.69. The lowest BCUT2D eigenvalue weighted by Gasteiger charge is -2.33. The van der Waals surface area contributed by atoms with E-state index in [9.17, 15) is 4.79 Å². The molecule has 140 valence electrons. The number of nitrogens with two attached hydrogens (primary N) is 2. The van der Waals surface area contributed by atoms with Crippen LogP contribution in [0.1, 0.15) is 43.2 Å². The van der Waals surface area contributed by atoms with E-state index in [0.717, 1.165) is 31.7 Å². The number of primary amides is 1. The predicted octanol–water partition coefficient (Wildman–Crippen LogP) is 1.23. The minimum Gasteiger partial charge on any atom is -0.476 e. The number of hydrogen-bond acceptors (Lipinski definition) is 7. The molecule has 1 amide bonds.